The highest BCUT2D eigenvalue weighted by atomic mass is 16.2. The molecule has 0 unspecified atom stereocenters. The Bertz CT molecular complexity index is 944. The standard InChI is InChI=1S/C23H27N3O/c1-17-7-6-8-21(15-17)26-18(2)16-22(19(26)3)23(27)25-13-9-20(10-14-25)24-11-4-5-12-24/h4-8,11-12,15-16,20H,9-10,13-14H2,1-3H3. The molecule has 0 radical (unpaired) electrons. The van der Waals surface area contributed by atoms with Crippen LogP contribution in [0.2, 0.25) is 0 Å². The molecule has 4 rings (SSSR count). The Morgan fingerprint density at radius 1 is 0.963 bits per heavy atom. The molecule has 0 bridgehead atoms. The lowest BCUT2D eigenvalue weighted by Gasteiger charge is -2.32. The zero-order valence-electron chi connectivity index (χ0n) is 16.4. The van der Waals surface area contributed by atoms with Gasteiger partial charge >= 0.3 is 0 Å². The second-order valence-corrected chi connectivity index (χ2v) is 7.61. The molecule has 1 saturated heterocycles. The number of carbonyl (C=O) groups excluding carboxylic acids is 1. The van der Waals surface area contributed by atoms with Gasteiger partial charge in [0, 0.05) is 48.6 Å². The SMILES string of the molecule is Cc1cccc(-n2c(C)cc(C(=O)N3CCC(n4cccc4)CC3)c2C)c1. The number of carbonyl (C=O) groups is 1. The number of piperidine rings is 1. The Balaban J connectivity index is 1.54. The first-order valence-electron chi connectivity index (χ1n) is 9.72. The summed E-state index contributed by atoms with van der Waals surface area (Å²) in [7, 11) is 0. The summed E-state index contributed by atoms with van der Waals surface area (Å²) in [5.74, 6) is 0.160. The van der Waals surface area contributed by atoms with Gasteiger partial charge in [-0.05, 0) is 69.5 Å². The summed E-state index contributed by atoms with van der Waals surface area (Å²) < 4.78 is 4.46. The van der Waals surface area contributed by atoms with Gasteiger partial charge in [-0.15, -0.1) is 0 Å². The van der Waals surface area contributed by atoms with Crippen molar-refractivity contribution in [2.75, 3.05) is 13.1 Å². The molecule has 1 fully saturated rings. The van der Waals surface area contributed by atoms with Crippen molar-refractivity contribution in [2.45, 2.75) is 39.7 Å². The Morgan fingerprint density at radius 3 is 2.33 bits per heavy atom. The minimum Gasteiger partial charge on any atom is -0.351 e. The van der Waals surface area contributed by atoms with Crippen LogP contribution in [-0.2, 0) is 0 Å². The smallest absolute Gasteiger partial charge is 0.255 e. The molecule has 27 heavy (non-hydrogen) atoms. The summed E-state index contributed by atoms with van der Waals surface area (Å²) in [5, 5.41) is 0. The van der Waals surface area contributed by atoms with Crippen LogP contribution in [-0.4, -0.2) is 33.0 Å². The molecule has 3 aromatic rings. The summed E-state index contributed by atoms with van der Waals surface area (Å²) in [6, 6.07) is 15.1. The maximum absolute atomic E-state index is 13.2. The van der Waals surface area contributed by atoms with Crippen LogP contribution in [0.5, 0.6) is 0 Å². The molecule has 140 valence electrons. The van der Waals surface area contributed by atoms with Crippen LogP contribution in [0.25, 0.3) is 5.69 Å². The number of rotatable bonds is 3. The highest BCUT2D eigenvalue weighted by Gasteiger charge is 2.26. The molecule has 4 nitrogen and oxygen atoms in total. The van der Waals surface area contributed by atoms with E-state index >= 15 is 0 Å². The molecule has 3 heterocycles. The van der Waals surface area contributed by atoms with Crippen molar-refractivity contribution in [3.05, 3.63) is 77.4 Å². The van der Waals surface area contributed by atoms with Gasteiger partial charge in [-0.1, -0.05) is 12.1 Å². The monoisotopic (exact) mass is 361 g/mol. The number of hydrogen-bond donors (Lipinski definition) is 0. The average Bonchev–Trinajstić information content (AvgIpc) is 3.30. The Morgan fingerprint density at radius 2 is 1.67 bits per heavy atom. The zero-order valence-corrected chi connectivity index (χ0v) is 16.4. The molecule has 2 aromatic heterocycles. The van der Waals surface area contributed by atoms with Gasteiger partial charge in [0.2, 0.25) is 0 Å². The number of hydrogen-bond acceptors (Lipinski definition) is 1. The first-order valence-corrected chi connectivity index (χ1v) is 9.72. The van der Waals surface area contributed by atoms with E-state index in [9.17, 15) is 4.79 Å². The molecule has 1 aromatic carbocycles. The third-order valence-corrected chi connectivity index (χ3v) is 5.72. The average molecular weight is 361 g/mol. The number of amides is 1. The summed E-state index contributed by atoms with van der Waals surface area (Å²) in [6.07, 6.45) is 6.27. The second-order valence-electron chi connectivity index (χ2n) is 7.61. The van der Waals surface area contributed by atoms with Gasteiger partial charge in [-0.2, -0.15) is 0 Å². The van der Waals surface area contributed by atoms with Crippen molar-refractivity contribution in [1.29, 1.82) is 0 Å². The van der Waals surface area contributed by atoms with Crippen LogP contribution < -0.4 is 0 Å². The molecule has 0 atom stereocenters. The third kappa shape index (κ3) is 3.32. The fraction of sp³-hybridized carbons (Fsp3) is 0.348. The molecular formula is C23H27N3O. The van der Waals surface area contributed by atoms with E-state index in [-0.39, 0.29) is 5.91 Å². The molecule has 0 aliphatic carbocycles. The molecule has 4 heteroatoms. The highest BCUT2D eigenvalue weighted by Crippen LogP contribution is 2.26. The summed E-state index contributed by atoms with van der Waals surface area (Å²) in [4.78, 5) is 15.2. The minimum atomic E-state index is 0.160. The molecule has 0 spiro atoms. The van der Waals surface area contributed by atoms with Crippen molar-refractivity contribution in [2.24, 2.45) is 0 Å². The van der Waals surface area contributed by atoms with Crippen molar-refractivity contribution >= 4 is 5.91 Å². The third-order valence-electron chi connectivity index (χ3n) is 5.72. The number of aromatic nitrogens is 2. The van der Waals surface area contributed by atoms with Gasteiger partial charge in [0.15, 0.2) is 0 Å². The Labute approximate surface area is 161 Å². The highest BCUT2D eigenvalue weighted by molar-refractivity contribution is 5.96. The molecular weight excluding hydrogens is 334 g/mol. The number of benzene rings is 1. The minimum absolute atomic E-state index is 0.160. The van der Waals surface area contributed by atoms with Crippen molar-refractivity contribution < 1.29 is 4.79 Å². The number of nitrogens with zero attached hydrogens (tertiary/aromatic N) is 3. The van der Waals surface area contributed by atoms with E-state index in [2.05, 4.69) is 78.7 Å². The van der Waals surface area contributed by atoms with E-state index in [0.717, 1.165) is 48.6 Å². The van der Waals surface area contributed by atoms with Crippen molar-refractivity contribution in [3.8, 4) is 5.69 Å². The van der Waals surface area contributed by atoms with Crippen LogP contribution >= 0.6 is 0 Å². The first-order chi connectivity index (χ1) is 13.0. The van der Waals surface area contributed by atoms with Gasteiger partial charge < -0.3 is 14.0 Å². The van der Waals surface area contributed by atoms with E-state index in [1.807, 2.05) is 11.0 Å². The zero-order chi connectivity index (χ0) is 19.0. The van der Waals surface area contributed by atoms with Crippen LogP contribution in [0.4, 0.5) is 0 Å². The van der Waals surface area contributed by atoms with Crippen LogP contribution in [0, 0.1) is 20.8 Å². The molecule has 1 aliphatic heterocycles. The van der Waals surface area contributed by atoms with Gasteiger partial charge in [0.25, 0.3) is 5.91 Å². The van der Waals surface area contributed by atoms with Crippen LogP contribution in [0.1, 0.15) is 46.2 Å². The quantitative estimate of drug-likeness (QED) is 0.666. The van der Waals surface area contributed by atoms with Crippen molar-refractivity contribution in [3.63, 3.8) is 0 Å². The molecule has 0 N–H and O–H groups in total. The summed E-state index contributed by atoms with van der Waals surface area (Å²) >= 11 is 0. The number of aryl methyl sites for hydroxylation is 2. The largest absolute Gasteiger partial charge is 0.351 e. The normalized spacial score (nSPS) is 15.3. The fourth-order valence-electron chi connectivity index (χ4n) is 4.27. The molecule has 1 aliphatic rings. The van der Waals surface area contributed by atoms with E-state index in [4.69, 9.17) is 0 Å². The lowest BCUT2D eigenvalue weighted by atomic mass is 10.0. The Hall–Kier alpha value is -2.75. The van der Waals surface area contributed by atoms with Gasteiger partial charge in [-0.3, -0.25) is 4.79 Å². The van der Waals surface area contributed by atoms with E-state index in [1.165, 1.54) is 5.56 Å². The fourth-order valence-corrected chi connectivity index (χ4v) is 4.27. The maximum Gasteiger partial charge on any atom is 0.255 e. The first kappa shape index (κ1) is 17.7. The van der Waals surface area contributed by atoms with Gasteiger partial charge in [0.1, 0.15) is 0 Å². The van der Waals surface area contributed by atoms with E-state index in [0.29, 0.717) is 6.04 Å². The lowest BCUT2D eigenvalue weighted by Crippen LogP contribution is -2.39. The Kier molecular flexibility index (Phi) is 4.65. The maximum atomic E-state index is 13.2. The van der Waals surface area contributed by atoms with Crippen molar-refractivity contribution in [1.82, 2.24) is 14.0 Å². The predicted octanol–water partition coefficient (Wildman–Crippen LogP) is 4.68. The van der Waals surface area contributed by atoms with Gasteiger partial charge in [-0.25, -0.2) is 0 Å². The molecule has 1 amide bonds. The predicted molar refractivity (Wildman–Crippen MR) is 109 cm³/mol. The van der Waals surface area contributed by atoms with E-state index in [1.54, 1.807) is 0 Å². The topological polar surface area (TPSA) is 30.2 Å². The lowest BCUT2D eigenvalue weighted by molar-refractivity contribution is 0.0694. The van der Waals surface area contributed by atoms with E-state index < -0.39 is 0 Å². The number of likely N-dealkylation sites (tertiary alicyclic amines) is 1. The van der Waals surface area contributed by atoms with Crippen LogP contribution in [0.15, 0.2) is 54.9 Å². The summed E-state index contributed by atoms with van der Waals surface area (Å²) in [5.41, 5.74) is 5.29. The van der Waals surface area contributed by atoms with Crippen LogP contribution in [0.3, 0.4) is 0 Å². The molecule has 0 saturated carbocycles. The summed E-state index contributed by atoms with van der Waals surface area (Å²) in [6.45, 7) is 7.85. The second kappa shape index (κ2) is 7.10. The van der Waals surface area contributed by atoms with Gasteiger partial charge in [0.05, 0.1) is 5.56 Å².